The molecule has 0 aliphatic carbocycles. The lowest BCUT2D eigenvalue weighted by molar-refractivity contribution is 0.128. The standard InChI is InChI=1S/C14H21FO/c1-10(12(3)16)4-5-11(2)13-6-8-14(15)9-7-13/h6-12,16H,4-5H2,1-3H3. The van der Waals surface area contributed by atoms with Crippen molar-refractivity contribution >= 4 is 0 Å². The third-order valence-electron chi connectivity index (χ3n) is 3.32. The van der Waals surface area contributed by atoms with Crippen molar-refractivity contribution in [1.29, 1.82) is 0 Å². The number of hydrogen-bond acceptors (Lipinski definition) is 1. The maximum atomic E-state index is 12.7. The van der Waals surface area contributed by atoms with E-state index in [1.165, 1.54) is 17.7 Å². The Morgan fingerprint density at radius 2 is 1.62 bits per heavy atom. The number of hydrogen-bond donors (Lipinski definition) is 1. The normalized spacial score (nSPS) is 16.8. The Balaban J connectivity index is 2.46. The van der Waals surface area contributed by atoms with Gasteiger partial charge < -0.3 is 5.11 Å². The molecule has 90 valence electrons. The Bertz CT molecular complexity index is 305. The summed E-state index contributed by atoms with van der Waals surface area (Å²) < 4.78 is 12.7. The molecule has 0 aromatic heterocycles. The fraction of sp³-hybridized carbons (Fsp3) is 0.571. The van der Waals surface area contributed by atoms with E-state index in [9.17, 15) is 9.50 Å². The highest BCUT2D eigenvalue weighted by molar-refractivity contribution is 5.19. The quantitative estimate of drug-likeness (QED) is 0.808. The average Bonchev–Trinajstić information content (AvgIpc) is 2.26. The summed E-state index contributed by atoms with van der Waals surface area (Å²) in [6.45, 7) is 6.03. The lowest BCUT2D eigenvalue weighted by atomic mass is 9.90. The van der Waals surface area contributed by atoms with Crippen LogP contribution in [0.15, 0.2) is 24.3 Å². The molecule has 0 fully saturated rings. The van der Waals surface area contributed by atoms with Crippen LogP contribution in [0, 0.1) is 11.7 Å². The van der Waals surface area contributed by atoms with Crippen LogP contribution in [0.1, 0.15) is 45.1 Å². The Morgan fingerprint density at radius 3 is 2.12 bits per heavy atom. The molecule has 0 saturated heterocycles. The molecule has 3 atom stereocenters. The van der Waals surface area contributed by atoms with Crippen LogP contribution >= 0.6 is 0 Å². The van der Waals surface area contributed by atoms with Crippen molar-refractivity contribution in [3.8, 4) is 0 Å². The van der Waals surface area contributed by atoms with Crippen LogP contribution in [-0.2, 0) is 0 Å². The molecule has 1 N–H and O–H groups in total. The van der Waals surface area contributed by atoms with Crippen LogP contribution in [0.4, 0.5) is 4.39 Å². The zero-order valence-corrected chi connectivity index (χ0v) is 10.3. The average molecular weight is 224 g/mol. The van der Waals surface area contributed by atoms with Gasteiger partial charge in [0.25, 0.3) is 0 Å². The maximum absolute atomic E-state index is 12.7. The monoisotopic (exact) mass is 224 g/mol. The summed E-state index contributed by atoms with van der Waals surface area (Å²) in [5.74, 6) is 0.554. The fourth-order valence-electron chi connectivity index (χ4n) is 1.71. The highest BCUT2D eigenvalue weighted by Crippen LogP contribution is 2.24. The first-order valence-electron chi connectivity index (χ1n) is 5.94. The van der Waals surface area contributed by atoms with E-state index in [1.807, 2.05) is 19.1 Å². The number of aliphatic hydroxyl groups excluding tert-OH is 1. The summed E-state index contributed by atoms with van der Waals surface area (Å²) in [6.07, 6.45) is 1.77. The van der Waals surface area contributed by atoms with Crippen molar-refractivity contribution in [3.05, 3.63) is 35.6 Å². The summed E-state index contributed by atoms with van der Waals surface area (Å²) in [6, 6.07) is 6.69. The third kappa shape index (κ3) is 3.93. The van der Waals surface area contributed by atoms with Crippen LogP contribution in [0.25, 0.3) is 0 Å². The van der Waals surface area contributed by atoms with Gasteiger partial charge in [-0.05, 0) is 49.3 Å². The molecule has 1 rings (SSSR count). The molecular weight excluding hydrogens is 203 g/mol. The van der Waals surface area contributed by atoms with Crippen molar-refractivity contribution in [2.24, 2.45) is 5.92 Å². The van der Waals surface area contributed by atoms with Gasteiger partial charge >= 0.3 is 0 Å². The van der Waals surface area contributed by atoms with Gasteiger partial charge in [0.1, 0.15) is 5.82 Å². The lowest BCUT2D eigenvalue weighted by Crippen LogP contribution is -2.13. The molecule has 0 saturated carbocycles. The first-order valence-corrected chi connectivity index (χ1v) is 5.94. The van der Waals surface area contributed by atoms with Crippen LogP contribution in [-0.4, -0.2) is 11.2 Å². The second-order valence-corrected chi connectivity index (χ2v) is 4.75. The van der Waals surface area contributed by atoms with Crippen molar-refractivity contribution in [1.82, 2.24) is 0 Å². The van der Waals surface area contributed by atoms with E-state index in [-0.39, 0.29) is 11.9 Å². The Morgan fingerprint density at radius 1 is 1.06 bits per heavy atom. The van der Waals surface area contributed by atoms with Gasteiger partial charge in [-0.2, -0.15) is 0 Å². The van der Waals surface area contributed by atoms with E-state index in [2.05, 4.69) is 13.8 Å². The van der Waals surface area contributed by atoms with Gasteiger partial charge in [0, 0.05) is 0 Å². The molecular formula is C14H21FO. The minimum absolute atomic E-state index is 0.187. The molecule has 0 heterocycles. The molecule has 1 aromatic rings. The predicted molar refractivity (Wildman–Crippen MR) is 64.9 cm³/mol. The van der Waals surface area contributed by atoms with Gasteiger partial charge in [0.15, 0.2) is 0 Å². The highest BCUT2D eigenvalue weighted by atomic mass is 19.1. The smallest absolute Gasteiger partial charge is 0.123 e. The molecule has 0 aliphatic rings. The predicted octanol–water partition coefficient (Wildman–Crippen LogP) is 3.73. The summed E-state index contributed by atoms with van der Waals surface area (Å²) in [5, 5.41) is 9.39. The van der Waals surface area contributed by atoms with Gasteiger partial charge in [-0.25, -0.2) is 4.39 Å². The summed E-state index contributed by atoms with van der Waals surface area (Å²) in [4.78, 5) is 0. The number of halogens is 1. The lowest BCUT2D eigenvalue weighted by Gasteiger charge is -2.17. The zero-order chi connectivity index (χ0) is 12.1. The molecule has 1 aromatic carbocycles. The summed E-state index contributed by atoms with van der Waals surface area (Å²) in [5.41, 5.74) is 1.17. The second kappa shape index (κ2) is 6.00. The maximum Gasteiger partial charge on any atom is 0.123 e. The van der Waals surface area contributed by atoms with E-state index in [4.69, 9.17) is 0 Å². The van der Waals surface area contributed by atoms with Crippen LogP contribution in [0.2, 0.25) is 0 Å². The van der Waals surface area contributed by atoms with Crippen molar-refractivity contribution in [2.75, 3.05) is 0 Å². The van der Waals surface area contributed by atoms with Crippen molar-refractivity contribution in [3.63, 3.8) is 0 Å². The molecule has 0 amide bonds. The van der Waals surface area contributed by atoms with Crippen LogP contribution < -0.4 is 0 Å². The summed E-state index contributed by atoms with van der Waals surface area (Å²) >= 11 is 0. The molecule has 2 heteroatoms. The molecule has 0 bridgehead atoms. The van der Waals surface area contributed by atoms with Gasteiger partial charge in [-0.3, -0.25) is 0 Å². The Kier molecular flexibility index (Phi) is 4.94. The highest BCUT2D eigenvalue weighted by Gasteiger charge is 2.12. The van der Waals surface area contributed by atoms with Crippen LogP contribution in [0.3, 0.4) is 0 Å². The van der Waals surface area contributed by atoms with Crippen molar-refractivity contribution in [2.45, 2.75) is 45.6 Å². The SMILES string of the molecule is CC(CCC(C)C(C)O)c1ccc(F)cc1. The minimum Gasteiger partial charge on any atom is -0.393 e. The molecule has 0 radical (unpaired) electrons. The molecule has 16 heavy (non-hydrogen) atoms. The minimum atomic E-state index is -0.250. The number of rotatable bonds is 5. The second-order valence-electron chi connectivity index (χ2n) is 4.75. The van der Waals surface area contributed by atoms with Gasteiger partial charge in [0.2, 0.25) is 0 Å². The van der Waals surface area contributed by atoms with Gasteiger partial charge in [-0.15, -0.1) is 0 Å². The Labute approximate surface area is 97.3 Å². The number of aliphatic hydroxyl groups is 1. The van der Waals surface area contributed by atoms with E-state index in [0.717, 1.165) is 12.8 Å². The topological polar surface area (TPSA) is 20.2 Å². The van der Waals surface area contributed by atoms with E-state index < -0.39 is 0 Å². The van der Waals surface area contributed by atoms with E-state index in [0.29, 0.717) is 11.8 Å². The first-order chi connectivity index (χ1) is 7.50. The molecule has 1 nitrogen and oxygen atoms in total. The first kappa shape index (κ1) is 13.2. The summed E-state index contributed by atoms with van der Waals surface area (Å²) in [7, 11) is 0. The third-order valence-corrected chi connectivity index (χ3v) is 3.32. The zero-order valence-electron chi connectivity index (χ0n) is 10.3. The number of benzene rings is 1. The van der Waals surface area contributed by atoms with Gasteiger partial charge in [0.05, 0.1) is 6.10 Å². The molecule has 0 aliphatic heterocycles. The molecule has 0 spiro atoms. The Hall–Kier alpha value is -0.890. The van der Waals surface area contributed by atoms with Crippen LogP contribution in [0.5, 0.6) is 0 Å². The molecule has 3 unspecified atom stereocenters. The van der Waals surface area contributed by atoms with Crippen molar-refractivity contribution < 1.29 is 9.50 Å². The van der Waals surface area contributed by atoms with Gasteiger partial charge in [-0.1, -0.05) is 26.0 Å². The van der Waals surface area contributed by atoms with E-state index >= 15 is 0 Å². The van der Waals surface area contributed by atoms with E-state index in [1.54, 1.807) is 0 Å². The fourth-order valence-corrected chi connectivity index (χ4v) is 1.71. The largest absolute Gasteiger partial charge is 0.393 e.